The minimum atomic E-state index is -1.28. The smallest absolute Gasteiger partial charge is 0.254 e. The lowest BCUT2D eigenvalue weighted by Gasteiger charge is -2.40. The Balaban J connectivity index is 1.59. The van der Waals surface area contributed by atoms with Gasteiger partial charge in [-0.2, -0.15) is 0 Å². The van der Waals surface area contributed by atoms with E-state index in [1.165, 1.54) is 0 Å². The Bertz CT molecular complexity index is 1040. The monoisotopic (exact) mass is 402 g/mol. The van der Waals surface area contributed by atoms with Crippen molar-refractivity contribution in [3.63, 3.8) is 0 Å². The molecule has 1 atom stereocenters. The first-order valence-electron chi connectivity index (χ1n) is 9.70. The van der Waals surface area contributed by atoms with Gasteiger partial charge in [-0.1, -0.05) is 24.3 Å². The van der Waals surface area contributed by atoms with Crippen molar-refractivity contribution < 1.29 is 14.3 Å². The molecule has 1 fully saturated rings. The fraction of sp³-hybridized carbons (Fsp3) is 0.217. The molecule has 0 bridgehead atoms. The highest BCUT2D eigenvalue weighted by molar-refractivity contribution is 5.95. The summed E-state index contributed by atoms with van der Waals surface area (Å²) in [5, 5.41) is 0. The fourth-order valence-electron chi connectivity index (χ4n) is 3.71. The molecule has 4 rings (SSSR count). The first-order valence-corrected chi connectivity index (χ1v) is 9.70. The number of nitrogens with two attached hydrogens (primary N) is 1. The Kier molecular flexibility index (Phi) is 5.54. The van der Waals surface area contributed by atoms with Crippen LogP contribution in [0.2, 0.25) is 0 Å². The standard InChI is InChI=1S/C23H22N4O3/c24-22(29)23(15-17-2-1-3-20(14-17)18-4-8-25-9-5-18)16-27(12-13-30-23)21(28)19-6-10-26-11-7-19/h1-11,14H,12-13,15-16H2,(H2,24,29). The highest BCUT2D eigenvalue weighted by Gasteiger charge is 2.44. The van der Waals surface area contributed by atoms with Crippen LogP contribution in [0.15, 0.2) is 73.3 Å². The average Bonchev–Trinajstić information content (AvgIpc) is 2.80. The maximum absolute atomic E-state index is 12.9. The lowest BCUT2D eigenvalue weighted by atomic mass is 9.90. The predicted molar refractivity (Wildman–Crippen MR) is 111 cm³/mol. The molecular formula is C23H22N4O3. The number of carbonyl (C=O) groups excluding carboxylic acids is 2. The van der Waals surface area contributed by atoms with Crippen molar-refractivity contribution >= 4 is 11.8 Å². The summed E-state index contributed by atoms with van der Waals surface area (Å²) >= 11 is 0. The van der Waals surface area contributed by atoms with E-state index >= 15 is 0 Å². The van der Waals surface area contributed by atoms with E-state index in [2.05, 4.69) is 9.97 Å². The maximum Gasteiger partial charge on any atom is 0.254 e. The molecule has 0 saturated carbocycles. The van der Waals surface area contributed by atoms with Crippen LogP contribution in [0, 0.1) is 0 Å². The number of rotatable bonds is 5. The lowest BCUT2D eigenvalue weighted by molar-refractivity contribution is -0.153. The summed E-state index contributed by atoms with van der Waals surface area (Å²) in [7, 11) is 0. The molecule has 0 spiro atoms. The zero-order valence-corrected chi connectivity index (χ0v) is 16.4. The van der Waals surface area contributed by atoms with Crippen LogP contribution in [0.3, 0.4) is 0 Å². The number of hydrogen-bond donors (Lipinski definition) is 1. The van der Waals surface area contributed by atoms with E-state index in [1.807, 2.05) is 36.4 Å². The van der Waals surface area contributed by atoms with Crippen LogP contribution >= 0.6 is 0 Å². The third-order valence-corrected chi connectivity index (χ3v) is 5.28. The molecule has 0 aliphatic carbocycles. The summed E-state index contributed by atoms with van der Waals surface area (Å²) in [6.45, 7) is 0.736. The van der Waals surface area contributed by atoms with Gasteiger partial charge < -0.3 is 15.4 Å². The second-order valence-corrected chi connectivity index (χ2v) is 7.28. The van der Waals surface area contributed by atoms with Crippen molar-refractivity contribution in [2.24, 2.45) is 5.73 Å². The van der Waals surface area contributed by atoms with Crippen LogP contribution in [0.4, 0.5) is 0 Å². The second kappa shape index (κ2) is 8.42. The van der Waals surface area contributed by atoms with Crippen molar-refractivity contribution in [3.05, 3.63) is 84.4 Å². The number of amides is 2. The molecule has 2 aromatic heterocycles. The summed E-state index contributed by atoms with van der Waals surface area (Å²) in [5.41, 5.74) is 7.96. The number of morpholine rings is 1. The number of hydrogen-bond acceptors (Lipinski definition) is 5. The molecule has 2 N–H and O–H groups in total. The van der Waals surface area contributed by atoms with Crippen LogP contribution in [-0.2, 0) is 16.0 Å². The van der Waals surface area contributed by atoms with Gasteiger partial charge in [0.2, 0.25) is 0 Å². The van der Waals surface area contributed by atoms with Gasteiger partial charge in [-0.3, -0.25) is 19.6 Å². The van der Waals surface area contributed by atoms with Crippen molar-refractivity contribution in [3.8, 4) is 11.1 Å². The summed E-state index contributed by atoms with van der Waals surface area (Å²) in [4.78, 5) is 35.0. The zero-order valence-electron chi connectivity index (χ0n) is 16.4. The van der Waals surface area contributed by atoms with Crippen LogP contribution in [0.25, 0.3) is 11.1 Å². The SMILES string of the molecule is NC(=O)C1(Cc2cccc(-c3ccncc3)c2)CN(C(=O)c2ccncc2)CCO1. The van der Waals surface area contributed by atoms with E-state index < -0.39 is 11.5 Å². The number of nitrogens with zero attached hydrogens (tertiary/aromatic N) is 3. The third kappa shape index (κ3) is 4.06. The number of pyridine rings is 2. The van der Waals surface area contributed by atoms with Crippen molar-refractivity contribution in [1.29, 1.82) is 0 Å². The number of aromatic nitrogens is 2. The summed E-state index contributed by atoms with van der Waals surface area (Å²) in [6, 6.07) is 15.0. The van der Waals surface area contributed by atoms with Gasteiger partial charge in [0.1, 0.15) is 0 Å². The van der Waals surface area contributed by atoms with Crippen LogP contribution < -0.4 is 5.73 Å². The summed E-state index contributed by atoms with van der Waals surface area (Å²) in [6.07, 6.45) is 6.89. The Morgan fingerprint density at radius 3 is 2.40 bits per heavy atom. The second-order valence-electron chi connectivity index (χ2n) is 7.28. The fourth-order valence-corrected chi connectivity index (χ4v) is 3.71. The zero-order chi connectivity index (χ0) is 21.0. The van der Waals surface area contributed by atoms with Crippen molar-refractivity contribution in [2.75, 3.05) is 19.7 Å². The average molecular weight is 402 g/mol. The molecule has 7 heteroatoms. The normalized spacial score (nSPS) is 18.7. The minimum absolute atomic E-state index is 0.100. The molecule has 1 aliphatic rings. The van der Waals surface area contributed by atoms with E-state index in [0.29, 0.717) is 12.1 Å². The largest absolute Gasteiger partial charge is 0.367 e. The van der Waals surface area contributed by atoms with E-state index in [4.69, 9.17) is 10.5 Å². The summed E-state index contributed by atoms with van der Waals surface area (Å²) < 4.78 is 5.90. The van der Waals surface area contributed by atoms with Gasteiger partial charge in [0, 0.05) is 43.3 Å². The van der Waals surface area contributed by atoms with Crippen LogP contribution in [0.5, 0.6) is 0 Å². The van der Waals surface area contributed by atoms with E-state index in [0.717, 1.165) is 16.7 Å². The quantitative estimate of drug-likeness (QED) is 0.705. The Morgan fingerprint density at radius 1 is 1.00 bits per heavy atom. The van der Waals surface area contributed by atoms with Crippen LogP contribution in [-0.4, -0.2) is 52.0 Å². The number of benzene rings is 1. The number of ether oxygens (including phenoxy) is 1. The maximum atomic E-state index is 12.9. The highest BCUT2D eigenvalue weighted by Crippen LogP contribution is 2.27. The number of carbonyl (C=O) groups is 2. The van der Waals surface area contributed by atoms with E-state index in [-0.39, 0.29) is 25.5 Å². The molecule has 1 saturated heterocycles. The molecule has 3 aromatic rings. The third-order valence-electron chi connectivity index (χ3n) is 5.28. The topological polar surface area (TPSA) is 98.4 Å². The van der Waals surface area contributed by atoms with Crippen molar-refractivity contribution in [1.82, 2.24) is 14.9 Å². The first-order chi connectivity index (χ1) is 14.6. The van der Waals surface area contributed by atoms with E-state index in [1.54, 1.807) is 41.8 Å². The molecule has 1 aliphatic heterocycles. The summed E-state index contributed by atoms with van der Waals surface area (Å²) in [5.74, 6) is -0.749. The minimum Gasteiger partial charge on any atom is -0.367 e. The Morgan fingerprint density at radius 2 is 1.70 bits per heavy atom. The van der Waals surface area contributed by atoms with Gasteiger partial charge in [-0.25, -0.2) is 0 Å². The van der Waals surface area contributed by atoms with Gasteiger partial charge in [0.15, 0.2) is 5.60 Å². The Labute approximate surface area is 174 Å². The molecule has 152 valence electrons. The van der Waals surface area contributed by atoms with Gasteiger partial charge in [-0.15, -0.1) is 0 Å². The van der Waals surface area contributed by atoms with Crippen LogP contribution in [0.1, 0.15) is 15.9 Å². The molecule has 7 nitrogen and oxygen atoms in total. The molecule has 1 unspecified atom stereocenters. The molecule has 30 heavy (non-hydrogen) atoms. The van der Waals surface area contributed by atoms with Gasteiger partial charge in [0.25, 0.3) is 11.8 Å². The first kappa shape index (κ1) is 19.7. The predicted octanol–water partition coefficient (Wildman–Crippen LogP) is 2.08. The molecule has 1 aromatic carbocycles. The lowest BCUT2D eigenvalue weighted by Crippen LogP contribution is -2.61. The highest BCUT2D eigenvalue weighted by atomic mass is 16.5. The number of primary amides is 1. The molecule has 0 radical (unpaired) electrons. The Hall–Kier alpha value is -3.58. The van der Waals surface area contributed by atoms with E-state index in [9.17, 15) is 9.59 Å². The van der Waals surface area contributed by atoms with Gasteiger partial charge >= 0.3 is 0 Å². The molecule has 2 amide bonds. The van der Waals surface area contributed by atoms with Crippen molar-refractivity contribution in [2.45, 2.75) is 12.0 Å². The van der Waals surface area contributed by atoms with Gasteiger partial charge in [0.05, 0.1) is 13.2 Å². The molecule has 3 heterocycles. The molecular weight excluding hydrogens is 380 g/mol. The van der Waals surface area contributed by atoms with Gasteiger partial charge in [-0.05, 0) is 41.0 Å².